The summed E-state index contributed by atoms with van der Waals surface area (Å²) >= 11 is 6.00. The number of nitrogens with two attached hydrogens (primary N) is 1. The lowest BCUT2D eigenvalue weighted by Crippen LogP contribution is -2.38. The van der Waals surface area contributed by atoms with Crippen molar-refractivity contribution >= 4 is 21.6 Å². The highest BCUT2D eigenvalue weighted by molar-refractivity contribution is 7.89. The van der Waals surface area contributed by atoms with Crippen LogP contribution in [0.5, 0.6) is 0 Å². The van der Waals surface area contributed by atoms with Crippen molar-refractivity contribution in [3.8, 4) is 0 Å². The molecule has 0 saturated carbocycles. The van der Waals surface area contributed by atoms with Crippen LogP contribution in [0.4, 0.5) is 0 Å². The minimum absolute atomic E-state index is 0.0806. The first-order chi connectivity index (χ1) is 9.37. The molecule has 0 spiro atoms. The molecule has 0 aromatic heterocycles. The van der Waals surface area contributed by atoms with Crippen molar-refractivity contribution in [3.05, 3.63) is 28.8 Å². The van der Waals surface area contributed by atoms with Crippen molar-refractivity contribution in [2.45, 2.75) is 44.2 Å². The summed E-state index contributed by atoms with van der Waals surface area (Å²) in [5.41, 5.74) is 6.26. The fourth-order valence-corrected chi connectivity index (χ4v) is 4.81. The third-order valence-corrected chi connectivity index (χ3v) is 6.15. The van der Waals surface area contributed by atoms with Crippen LogP contribution in [0.3, 0.4) is 0 Å². The van der Waals surface area contributed by atoms with Crippen LogP contribution in [-0.4, -0.2) is 25.3 Å². The van der Waals surface area contributed by atoms with Gasteiger partial charge in [-0.25, -0.2) is 8.42 Å². The Morgan fingerprint density at radius 1 is 1.45 bits per heavy atom. The first-order valence-corrected chi connectivity index (χ1v) is 8.70. The van der Waals surface area contributed by atoms with E-state index in [4.69, 9.17) is 17.3 Å². The van der Waals surface area contributed by atoms with Crippen LogP contribution in [0.15, 0.2) is 23.1 Å². The van der Waals surface area contributed by atoms with Gasteiger partial charge in [-0.05, 0) is 42.5 Å². The van der Waals surface area contributed by atoms with Gasteiger partial charge in [-0.15, -0.1) is 0 Å². The van der Waals surface area contributed by atoms with Gasteiger partial charge in [0.15, 0.2) is 0 Å². The third-order valence-electron chi connectivity index (χ3n) is 3.86. The molecular weight excluding hydrogens is 296 g/mol. The Morgan fingerprint density at radius 3 is 2.75 bits per heavy atom. The first kappa shape index (κ1) is 15.8. The SMILES string of the molecule is CC(C)C1CCCN1S(=O)(=O)c1ccc(Cl)c(CN)c1. The number of sulfonamides is 1. The summed E-state index contributed by atoms with van der Waals surface area (Å²) in [5, 5.41) is 0.508. The third kappa shape index (κ3) is 2.86. The van der Waals surface area contributed by atoms with Crippen LogP contribution in [0.1, 0.15) is 32.3 Å². The highest BCUT2D eigenvalue weighted by Gasteiger charge is 2.36. The summed E-state index contributed by atoms with van der Waals surface area (Å²) in [7, 11) is -3.46. The zero-order valence-corrected chi connectivity index (χ0v) is 13.4. The van der Waals surface area contributed by atoms with Gasteiger partial charge in [0.1, 0.15) is 0 Å². The maximum Gasteiger partial charge on any atom is 0.243 e. The molecule has 6 heteroatoms. The Morgan fingerprint density at radius 2 is 2.15 bits per heavy atom. The molecule has 4 nitrogen and oxygen atoms in total. The smallest absolute Gasteiger partial charge is 0.243 e. The largest absolute Gasteiger partial charge is 0.326 e. The maximum absolute atomic E-state index is 12.8. The molecule has 1 aromatic rings. The van der Waals surface area contributed by atoms with Crippen molar-refractivity contribution in [1.82, 2.24) is 4.31 Å². The second kappa shape index (κ2) is 6.02. The summed E-state index contributed by atoms with van der Waals surface area (Å²) in [4.78, 5) is 0.287. The average molecular weight is 317 g/mol. The quantitative estimate of drug-likeness (QED) is 0.928. The molecule has 0 bridgehead atoms. The van der Waals surface area contributed by atoms with E-state index >= 15 is 0 Å². The van der Waals surface area contributed by atoms with Gasteiger partial charge in [-0.3, -0.25) is 0 Å². The van der Waals surface area contributed by atoms with E-state index in [2.05, 4.69) is 13.8 Å². The second-order valence-corrected chi connectivity index (χ2v) is 7.82. The molecule has 1 fully saturated rings. The van der Waals surface area contributed by atoms with Crippen LogP contribution in [0.25, 0.3) is 0 Å². The summed E-state index contributed by atoms with van der Waals surface area (Å²) in [5.74, 6) is 0.313. The number of hydrogen-bond acceptors (Lipinski definition) is 3. The maximum atomic E-state index is 12.8. The van der Waals surface area contributed by atoms with E-state index in [1.165, 1.54) is 0 Å². The Kier molecular flexibility index (Phi) is 4.74. The predicted molar refractivity (Wildman–Crippen MR) is 81.1 cm³/mol. The molecule has 2 rings (SSSR count). The fraction of sp³-hybridized carbons (Fsp3) is 0.571. The van der Waals surface area contributed by atoms with Crippen LogP contribution < -0.4 is 5.73 Å². The van der Waals surface area contributed by atoms with Crippen LogP contribution in [0, 0.1) is 5.92 Å². The van der Waals surface area contributed by atoms with Crippen molar-refractivity contribution in [2.24, 2.45) is 11.7 Å². The van der Waals surface area contributed by atoms with Gasteiger partial charge in [0.25, 0.3) is 0 Å². The highest BCUT2D eigenvalue weighted by Crippen LogP contribution is 2.31. The fourth-order valence-electron chi connectivity index (χ4n) is 2.73. The Labute approximate surface area is 126 Å². The van der Waals surface area contributed by atoms with Gasteiger partial charge < -0.3 is 5.73 Å². The van der Waals surface area contributed by atoms with Gasteiger partial charge in [0.05, 0.1) is 4.90 Å². The summed E-state index contributed by atoms with van der Waals surface area (Å²) < 4.78 is 27.2. The molecular formula is C14H21ClN2O2S. The summed E-state index contributed by atoms with van der Waals surface area (Å²) in [6.45, 7) is 4.94. The van der Waals surface area contributed by atoms with E-state index in [1.54, 1.807) is 22.5 Å². The molecule has 0 aliphatic carbocycles. The number of hydrogen-bond donors (Lipinski definition) is 1. The molecule has 1 atom stereocenters. The Bertz CT molecular complexity index is 587. The lowest BCUT2D eigenvalue weighted by atomic mass is 10.0. The summed E-state index contributed by atoms with van der Waals surface area (Å²) in [6.07, 6.45) is 1.84. The van der Waals surface area contributed by atoms with Crippen molar-refractivity contribution < 1.29 is 8.42 Å². The molecule has 0 amide bonds. The van der Waals surface area contributed by atoms with Crippen LogP contribution in [0.2, 0.25) is 5.02 Å². The topological polar surface area (TPSA) is 63.4 Å². The minimum atomic E-state index is -3.46. The number of nitrogens with zero attached hydrogens (tertiary/aromatic N) is 1. The average Bonchev–Trinajstić information content (AvgIpc) is 2.89. The molecule has 1 aliphatic heterocycles. The van der Waals surface area contributed by atoms with Crippen molar-refractivity contribution in [2.75, 3.05) is 6.54 Å². The number of benzene rings is 1. The Balaban J connectivity index is 2.40. The van der Waals surface area contributed by atoms with Gasteiger partial charge in [-0.1, -0.05) is 25.4 Å². The van der Waals surface area contributed by atoms with E-state index in [0.717, 1.165) is 12.8 Å². The van der Waals surface area contributed by atoms with Crippen molar-refractivity contribution in [3.63, 3.8) is 0 Å². The Hall–Kier alpha value is -0.620. The zero-order chi connectivity index (χ0) is 14.9. The van der Waals surface area contributed by atoms with E-state index in [-0.39, 0.29) is 17.5 Å². The predicted octanol–water partition coefficient (Wildman–Crippen LogP) is 2.61. The standard InChI is InChI=1S/C14H21ClN2O2S/c1-10(2)14-4-3-7-17(14)20(18,19)12-5-6-13(15)11(8-12)9-16/h5-6,8,10,14H,3-4,7,9,16H2,1-2H3. The summed E-state index contributed by atoms with van der Waals surface area (Å²) in [6, 6.07) is 4.84. The molecule has 20 heavy (non-hydrogen) atoms. The second-order valence-electron chi connectivity index (χ2n) is 5.53. The molecule has 0 radical (unpaired) electrons. The lowest BCUT2D eigenvalue weighted by Gasteiger charge is -2.27. The van der Waals surface area contributed by atoms with Crippen molar-refractivity contribution in [1.29, 1.82) is 0 Å². The van der Waals surface area contributed by atoms with Crippen LogP contribution >= 0.6 is 11.6 Å². The molecule has 1 unspecified atom stereocenters. The first-order valence-electron chi connectivity index (χ1n) is 6.88. The molecule has 1 aromatic carbocycles. The van der Waals surface area contributed by atoms with Gasteiger partial charge in [0.2, 0.25) is 10.0 Å². The number of rotatable bonds is 4. The zero-order valence-electron chi connectivity index (χ0n) is 11.8. The van der Waals surface area contributed by atoms with E-state index in [0.29, 0.717) is 23.0 Å². The molecule has 112 valence electrons. The molecule has 1 heterocycles. The molecule has 1 aliphatic rings. The monoisotopic (exact) mass is 316 g/mol. The van der Waals surface area contributed by atoms with E-state index in [1.807, 2.05) is 0 Å². The molecule has 2 N–H and O–H groups in total. The number of halogens is 1. The van der Waals surface area contributed by atoms with Gasteiger partial charge in [0, 0.05) is 24.2 Å². The van der Waals surface area contributed by atoms with E-state index < -0.39 is 10.0 Å². The van der Waals surface area contributed by atoms with Crippen LogP contribution in [-0.2, 0) is 16.6 Å². The van der Waals surface area contributed by atoms with Gasteiger partial charge in [-0.2, -0.15) is 4.31 Å². The molecule has 1 saturated heterocycles. The highest BCUT2D eigenvalue weighted by atomic mass is 35.5. The van der Waals surface area contributed by atoms with Gasteiger partial charge >= 0.3 is 0 Å². The van der Waals surface area contributed by atoms with E-state index in [9.17, 15) is 8.42 Å². The minimum Gasteiger partial charge on any atom is -0.326 e. The lowest BCUT2D eigenvalue weighted by molar-refractivity contribution is 0.316. The normalized spacial score (nSPS) is 20.8.